The second-order valence-electron chi connectivity index (χ2n) is 2.41. The SMILES string of the molecule is C=CC(=NC(C)=N)OC(C)C. The summed E-state index contributed by atoms with van der Waals surface area (Å²) in [5.74, 6) is 0.632. The molecule has 0 bridgehead atoms. The minimum atomic E-state index is 0.0751. The van der Waals surface area contributed by atoms with E-state index in [1.165, 1.54) is 6.08 Å². The maximum absolute atomic E-state index is 7.06. The first-order valence-corrected chi connectivity index (χ1v) is 3.49. The Hall–Kier alpha value is -1.12. The molecule has 1 N–H and O–H groups in total. The van der Waals surface area contributed by atoms with E-state index in [4.69, 9.17) is 10.1 Å². The summed E-state index contributed by atoms with van der Waals surface area (Å²) >= 11 is 0. The van der Waals surface area contributed by atoms with E-state index in [-0.39, 0.29) is 11.9 Å². The lowest BCUT2D eigenvalue weighted by Gasteiger charge is -2.07. The van der Waals surface area contributed by atoms with Crippen molar-refractivity contribution in [1.29, 1.82) is 5.41 Å². The van der Waals surface area contributed by atoms with Gasteiger partial charge in [0, 0.05) is 0 Å². The topological polar surface area (TPSA) is 45.4 Å². The van der Waals surface area contributed by atoms with Gasteiger partial charge in [0.05, 0.1) is 6.10 Å². The van der Waals surface area contributed by atoms with Gasteiger partial charge < -0.3 is 4.74 Å². The van der Waals surface area contributed by atoms with Crippen molar-refractivity contribution in [3.05, 3.63) is 12.7 Å². The predicted octanol–water partition coefficient (Wildman–Crippen LogP) is 1.99. The number of hydrogen-bond acceptors (Lipinski definition) is 2. The molecule has 0 aliphatic rings. The molecule has 62 valence electrons. The summed E-state index contributed by atoms with van der Waals surface area (Å²) in [5.41, 5.74) is 0. The first kappa shape index (κ1) is 9.88. The molecule has 11 heavy (non-hydrogen) atoms. The van der Waals surface area contributed by atoms with E-state index in [0.29, 0.717) is 5.90 Å². The first-order chi connectivity index (χ1) is 5.06. The van der Waals surface area contributed by atoms with E-state index in [1.807, 2.05) is 13.8 Å². The molecule has 3 heteroatoms. The Morgan fingerprint density at radius 1 is 1.64 bits per heavy atom. The molecule has 0 aromatic carbocycles. The minimum absolute atomic E-state index is 0.0751. The van der Waals surface area contributed by atoms with Gasteiger partial charge in [-0.2, -0.15) is 4.99 Å². The van der Waals surface area contributed by atoms with Crippen LogP contribution in [0.3, 0.4) is 0 Å². The van der Waals surface area contributed by atoms with E-state index in [2.05, 4.69) is 11.6 Å². The Bertz CT molecular complexity index is 183. The van der Waals surface area contributed by atoms with Crippen LogP contribution in [-0.2, 0) is 4.74 Å². The van der Waals surface area contributed by atoms with Crippen LogP contribution in [0.4, 0.5) is 0 Å². The molecule has 0 amide bonds. The average molecular weight is 154 g/mol. The lowest BCUT2D eigenvalue weighted by Crippen LogP contribution is -2.10. The number of ether oxygens (including phenoxy) is 1. The highest BCUT2D eigenvalue weighted by atomic mass is 16.5. The second kappa shape index (κ2) is 4.66. The number of hydrogen-bond donors (Lipinski definition) is 1. The van der Waals surface area contributed by atoms with Crippen LogP contribution in [0, 0.1) is 5.41 Å². The molecule has 0 radical (unpaired) electrons. The van der Waals surface area contributed by atoms with Gasteiger partial charge in [-0.05, 0) is 26.8 Å². The molecule has 0 heterocycles. The average Bonchev–Trinajstić information content (AvgIpc) is 1.84. The molecule has 0 spiro atoms. The van der Waals surface area contributed by atoms with Crippen molar-refractivity contribution >= 4 is 11.7 Å². The lowest BCUT2D eigenvalue weighted by atomic mass is 10.5. The van der Waals surface area contributed by atoms with Crippen molar-refractivity contribution in [3.63, 3.8) is 0 Å². The molecule has 0 saturated carbocycles. The summed E-state index contributed by atoms with van der Waals surface area (Å²) in [6, 6.07) is 0. The van der Waals surface area contributed by atoms with Gasteiger partial charge >= 0.3 is 0 Å². The van der Waals surface area contributed by atoms with Crippen molar-refractivity contribution in [3.8, 4) is 0 Å². The van der Waals surface area contributed by atoms with Gasteiger partial charge in [0.15, 0.2) is 0 Å². The number of amidine groups is 1. The third kappa shape index (κ3) is 5.33. The molecule has 0 rings (SSSR count). The fourth-order valence-electron chi connectivity index (χ4n) is 0.527. The number of rotatable bonds is 2. The Balaban J connectivity index is 4.16. The molecule has 0 aliphatic heterocycles. The summed E-state index contributed by atoms with van der Waals surface area (Å²) in [7, 11) is 0. The summed E-state index contributed by atoms with van der Waals surface area (Å²) in [6.45, 7) is 8.91. The summed E-state index contributed by atoms with van der Waals surface area (Å²) in [4.78, 5) is 3.80. The summed E-state index contributed by atoms with van der Waals surface area (Å²) in [5, 5.41) is 7.06. The highest BCUT2D eigenvalue weighted by molar-refractivity contribution is 5.97. The normalized spacial score (nSPS) is 11.5. The maximum atomic E-state index is 7.06. The lowest BCUT2D eigenvalue weighted by molar-refractivity contribution is 0.231. The Morgan fingerprint density at radius 3 is 2.45 bits per heavy atom. The summed E-state index contributed by atoms with van der Waals surface area (Å²) < 4.78 is 5.20. The Morgan fingerprint density at radius 2 is 2.18 bits per heavy atom. The molecular weight excluding hydrogens is 140 g/mol. The van der Waals surface area contributed by atoms with Crippen LogP contribution >= 0.6 is 0 Å². The van der Waals surface area contributed by atoms with E-state index < -0.39 is 0 Å². The van der Waals surface area contributed by atoms with Gasteiger partial charge in [-0.1, -0.05) is 6.58 Å². The van der Waals surface area contributed by atoms with Crippen LogP contribution in [0.25, 0.3) is 0 Å². The molecule has 0 unspecified atom stereocenters. The molecular formula is C8H14N2O. The molecule has 0 aromatic heterocycles. The monoisotopic (exact) mass is 154 g/mol. The van der Waals surface area contributed by atoms with Crippen molar-refractivity contribution in [2.45, 2.75) is 26.9 Å². The van der Waals surface area contributed by atoms with Crippen LogP contribution in [-0.4, -0.2) is 17.8 Å². The Kier molecular flexibility index (Phi) is 4.18. The van der Waals surface area contributed by atoms with Gasteiger partial charge in [-0.25, -0.2) is 0 Å². The minimum Gasteiger partial charge on any atom is -0.475 e. The van der Waals surface area contributed by atoms with E-state index >= 15 is 0 Å². The quantitative estimate of drug-likeness (QED) is 0.480. The van der Waals surface area contributed by atoms with Gasteiger partial charge in [0.1, 0.15) is 5.84 Å². The van der Waals surface area contributed by atoms with Crippen LogP contribution in [0.1, 0.15) is 20.8 Å². The standard InChI is InChI=1S/C8H14N2O/c1-5-8(10-7(4)9)11-6(2)3/h5-6,9H,1H2,2-4H3. The molecule has 3 nitrogen and oxygen atoms in total. The van der Waals surface area contributed by atoms with E-state index in [1.54, 1.807) is 6.92 Å². The first-order valence-electron chi connectivity index (χ1n) is 3.49. The predicted molar refractivity (Wildman–Crippen MR) is 47.3 cm³/mol. The molecule has 0 atom stereocenters. The van der Waals surface area contributed by atoms with Gasteiger partial charge in [0.25, 0.3) is 0 Å². The fraction of sp³-hybridized carbons (Fsp3) is 0.500. The number of nitrogens with zero attached hydrogens (tertiary/aromatic N) is 1. The fourth-order valence-corrected chi connectivity index (χ4v) is 0.527. The van der Waals surface area contributed by atoms with Crippen molar-refractivity contribution < 1.29 is 4.74 Å². The van der Waals surface area contributed by atoms with Gasteiger partial charge in [0.2, 0.25) is 5.90 Å². The Labute approximate surface area is 67.3 Å². The second-order valence-corrected chi connectivity index (χ2v) is 2.41. The zero-order valence-electron chi connectivity index (χ0n) is 7.22. The molecule has 0 saturated heterocycles. The zero-order chi connectivity index (χ0) is 8.85. The van der Waals surface area contributed by atoms with Gasteiger partial charge in [-0.15, -0.1) is 0 Å². The van der Waals surface area contributed by atoms with Crippen LogP contribution in [0.5, 0.6) is 0 Å². The third-order valence-corrected chi connectivity index (χ3v) is 0.809. The highest BCUT2D eigenvalue weighted by Crippen LogP contribution is 1.92. The number of nitrogens with one attached hydrogen (secondary N) is 1. The zero-order valence-corrected chi connectivity index (χ0v) is 7.22. The van der Waals surface area contributed by atoms with Gasteiger partial charge in [-0.3, -0.25) is 5.41 Å². The highest BCUT2D eigenvalue weighted by Gasteiger charge is 1.97. The van der Waals surface area contributed by atoms with E-state index in [0.717, 1.165) is 0 Å². The third-order valence-electron chi connectivity index (χ3n) is 0.809. The molecule has 0 fully saturated rings. The molecule has 0 aliphatic carbocycles. The maximum Gasteiger partial charge on any atom is 0.214 e. The van der Waals surface area contributed by atoms with Crippen LogP contribution < -0.4 is 0 Å². The smallest absolute Gasteiger partial charge is 0.214 e. The van der Waals surface area contributed by atoms with Crippen LogP contribution in [0.2, 0.25) is 0 Å². The van der Waals surface area contributed by atoms with E-state index in [9.17, 15) is 0 Å². The molecule has 0 aromatic rings. The largest absolute Gasteiger partial charge is 0.475 e. The summed E-state index contributed by atoms with van der Waals surface area (Å²) in [6.07, 6.45) is 1.57. The van der Waals surface area contributed by atoms with Crippen LogP contribution in [0.15, 0.2) is 17.6 Å². The number of aliphatic imine (C=N–C) groups is 1. The van der Waals surface area contributed by atoms with Crippen molar-refractivity contribution in [2.24, 2.45) is 4.99 Å². The van der Waals surface area contributed by atoms with Crippen molar-refractivity contribution in [1.82, 2.24) is 0 Å². The van der Waals surface area contributed by atoms with Crippen molar-refractivity contribution in [2.75, 3.05) is 0 Å².